The third-order valence-electron chi connectivity index (χ3n) is 4.86. The predicted molar refractivity (Wildman–Crippen MR) is 81.1 cm³/mol. The SMILES string of the molecule is CC1(CN2CCCC(c3cc(C(N)=O)n[nH]3)C2)CCNC1. The number of primary amides is 1. The molecule has 0 radical (unpaired) electrons. The highest BCUT2D eigenvalue weighted by atomic mass is 16.1. The summed E-state index contributed by atoms with van der Waals surface area (Å²) < 4.78 is 0. The molecule has 4 N–H and O–H groups in total. The monoisotopic (exact) mass is 291 g/mol. The lowest BCUT2D eigenvalue weighted by Gasteiger charge is -2.37. The number of aromatic nitrogens is 2. The van der Waals surface area contributed by atoms with Gasteiger partial charge in [0.15, 0.2) is 0 Å². The molecule has 2 saturated heterocycles. The van der Waals surface area contributed by atoms with E-state index >= 15 is 0 Å². The predicted octanol–water partition coefficient (Wildman–Crippen LogP) is 0.688. The summed E-state index contributed by atoms with van der Waals surface area (Å²) in [5.74, 6) is -0.0352. The Morgan fingerprint density at radius 3 is 3.14 bits per heavy atom. The summed E-state index contributed by atoms with van der Waals surface area (Å²) in [4.78, 5) is 13.7. The lowest BCUT2D eigenvalue weighted by atomic mass is 9.87. The van der Waals surface area contributed by atoms with E-state index in [2.05, 4.69) is 27.3 Å². The fourth-order valence-corrected chi connectivity index (χ4v) is 3.67. The molecule has 2 aliphatic heterocycles. The van der Waals surface area contributed by atoms with Crippen molar-refractivity contribution in [1.82, 2.24) is 20.4 Å². The van der Waals surface area contributed by atoms with Crippen molar-refractivity contribution in [2.75, 3.05) is 32.7 Å². The van der Waals surface area contributed by atoms with Crippen LogP contribution >= 0.6 is 0 Å². The zero-order chi connectivity index (χ0) is 14.9. The normalized spacial score (nSPS) is 30.6. The Kier molecular flexibility index (Phi) is 3.99. The first-order valence-electron chi connectivity index (χ1n) is 7.84. The van der Waals surface area contributed by atoms with Crippen molar-refractivity contribution in [3.8, 4) is 0 Å². The number of hydrogen-bond donors (Lipinski definition) is 3. The van der Waals surface area contributed by atoms with Gasteiger partial charge in [0, 0.05) is 31.2 Å². The number of H-pyrrole nitrogens is 1. The van der Waals surface area contributed by atoms with Gasteiger partial charge in [-0.05, 0) is 43.8 Å². The topological polar surface area (TPSA) is 87.0 Å². The Morgan fingerprint density at radius 2 is 2.48 bits per heavy atom. The van der Waals surface area contributed by atoms with Crippen molar-refractivity contribution in [1.29, 1.82) is 0 Å². The summed E-state index contributed by atoms with van der Waals surface area (Å²) in [7, 11) is 0. The summed E-state index contributed by atoms with van der Waals surface area (Å²) in [6.07, 6.45) is 3.59. The Hall–Kier alpha value is -1.40. The molecular formula is C15H25N5O. The Balaban J connectivity index is 1.63. The van der Waals surface area contributed by atoms with Crippen molar-refractivity contribution in [3.05, 3.63) is 17.5 Å². The van der Waals surface area contributed by atoms with Crippen molar-refractivity contribution < 1.29 is 4.79 Å². The summed E-state index contributed by atoms with van der Waals surface area (Å²) >= 11 is 0. The second-order valence-corrected chi connectivity index (χ2v) is 6.88. The number of amides is 1. The lowest BCUT2D eigenvalue weighted by molar-refractivity contribution is 0.0995. The van der Waals surface area contributed by atoms with E-state index in [1.165, 1.54) is 19.4 Å². The van der Waals surface area contributed by atoms with E-state index in [0.717, 1.165) is 38.3 Å². The van der Waals surface area contributed by atoms with Gasteiger partial charge in [-0.25, -0.2) is 0 Å². The fourth-order valence-electron chi connectivity index (χ4n) is 3.67. The zero-order valence-electron chi connectivity index (χ0n) is 12.7. The van der Waals surface area contributed by atoms with Gasteiger partial charge in [-0.15, -0.1) is 0 Å². The van der Waals surface area contributed by atoms with E-state index < -0.39 is 5.91 Å². The molecule has 0 aromatic carbocycles. The maximum atomic E-state index is 11.2. The van der Waals surface area contributed by atoms with Crippen LogP contribution in [0.3, 0.4) is 0 Å². The summed E-state index contributed by atoms with van der Waals surface area (Å²) in [5.41, 5.74) is 7.05. The van der Waals surface area contributed by atoms with Crippen LogP contribution in [0.1, 0.15) is 48.3 Å². The minimum absolute atomic E-state index is 0.342. The summed E-state index contributed by atoms with van der Waals surface area (Å²) in [6, 6.07) is 1.81. The molecule has 1 aromatic heterocycles. The van der Waals surface area contributed by atoms with Gasteiger partial charge in [-0.1, -0.05) is 6.92 Å². The Morgan fingerprint density at radius 1 is 1.62 bits per heavy atom. The van der Waals surface area contributed by atoms with Crippen molar-refractivity contribution in [2.24, 2.45) is 11.1 Å². The third kappa shape index (κ3) is 3.27. The molecule has 0 bridgehead atoms. The molecule has 2 fully saturated rings. The van der Waals surface area contributed by atoms with Crippen LogP contribution in [-0.4, -0.2) is 53.7 Å². The van der Waals surface area contributed by atoms with Gasteiger partial charge < -0.3 is 16.0 Å². The molecule has 2 atom stereocenters. The highest BCUT2D eigenvalue weighted by molar-refractivity contribution is 5.90. The fraction of sp³-hybridized carbons (Fsp3) is 0.733. The molecule has 2 aliphatic rings. The van der Waals surface area contributed by atoms with Crippen molar-refractivity contribution >= 4 is 5.91 Å². The van der Waals surface area contributed by atoms with Gasteiger partial charge in [-0.2, -0.15) is 5.10 Å². The van der Waals surface area contributed by atoms with Crippen LogP contribution in [0, 0.1) is 5.41 Å². The molecule has 3 heterocycles. The third-order valence-corrected chi connectivity index (χ3v) is 4.86. The minimum atomic E-state index is -0.463. The van der Waals surface area contributed by atoms with Crippen LogP contribution in [0.2, 0.25) is 0 Å². The van der Waals surface area contributed by atoms with E-state index in [4.69, 9.17) is 5.73 Å². The number of hydrogen-bond acceptors (Lipinski definition) is 4. The molecule has 0 spiro atoms. The molecule has 1 amide bonds. The van der Waals surface area contributed by atoms with Crippen LogP contribution in [-0.2, 0) is 0 Å². The van der Waals surface area contributed by atoms with Crippen LogP contribution in [0.4, 0.5) is 0 Å². The number of rotatable bonds is 4. The molecule has 0 saturated carbocycles. The van der Waals surface area contributed by atoms with E-state index in [1.54, 1.807) is 0 Å². The van der Waals surface area contributed by atoms with Crippen molar-refractivity contribution in [3.63, 3.8) is 0 Å². The standard InChI is InChI=1S/C15H25N5O/c1-15(4-5-17-9-15)10-20-6-2-3-11(8-20)12-7-13(14(16)21)19-18-12/h7,11,17H,2-6,8-10H2,1H3,(H2,16,21)(H,18,19). The molecule has 0 aliphatic carbocycles. The average molecular weight is 291 g/mol. The van der Waals surface area contributed by atoms with E-state index in [0.29, 0.717) is 17.0 Å². The number of carbonyl (C=O) groups excluding carboxylic acids is 1. The number of aromatic amines is 1. The first kappa shape index (κ1) is 14.5. The molecule has 1 aromatic rings. The second kappa shape index (κ2) is 5.77. The van der Waals surface area contributed by atoms with Gasteiger partial charge >= 0.3 is 0 Å². The maximum absolute atomic E-state index is 11.2. The number of likely N-dealkylation sites (tertiary alicyclic amines) is 1. The summed E-state index contributed by atoms with van der Waals surface area (Å²) in [5, 5.41) is 10.5. The van der Waals surface area contributed by atoms with Gasteiger partial charge in [-0.3, -0.25) is 9.89 Å². The first-order valence-corrected chi connectivity index (χ1v) is 7.84. The maximum Gasteiger partial charge on any atom is 0.269 e. The van der Waals surface area contributed by atoms with Crippen LogP contribution in [0.15, 0.2) is 6.07 Å². The first-order chi connectivity index (χ1) is 10.1. The number of carbonyl (C=O) groups is 1. The Bertz CT molecular complexity index is 506. The lowest BCUT2D eigenvalue weighted by Crippen LogP contribution is -2.42. The summed E-state index contributed by atoms with van der Waals surface area (Å²) in [6.45, 7) is 7.98. The van der Waals surface area contributed by atoms with E-state index in [9.17, 15) is 4.79 Å². The molecule has 6 heteroatoms. The van der Waals surface area contributed by atoms with Gasteiger partial charge in [0.05, 0.1) is 0 Å². The number of nitrogens with two attached hydrogens (primary N) is 1. The van der Waals surface area contributed by atoms with Crippen LogP contribution in [0.5, 0.6) is 0 Å². The highest BCUT2D eigenvalue weighted by Gasteiger charge is 2.33. The Labute approximate surface area is 125 Å². The minimum Gasteiger partial charge on any atom is -0.364 e. The second-order valence-electron chi connectivity index (χ2n) is 6.88. The highest BCUT2D eigenvalue weighted by Crippen LogP contribution is 2.31. The average Bonchev–Trinajstić information content (AvgIpc) is 3.08. The van der Waals surface area contributed by atoms with E-state index in [1.807, 2.05) is 6.07 Å². The van der Waals surface area contributed by atoms with Gasteiger partial charge in [0.2, 0.25) is 0 Å². The number of nitrogens with one attached hydrogen (secondary N) is 2. The van der Waals surface area contributed by atoms with Crippen molar-refractivity contribution in [2.45, 2.75) is 32.1 Å². The molecule has 2 unspecified atom stereocenters. The van der Waals surface area contributed by atoms with Gasteiger partial charge in [0.1, 0.15) is 5.69 Å². The smallest absolute Gasteiger partial charge is 0.269 e. The quantitative estimate of drug-likeness (QED) is 0.761. The molecular weight excluding hydrogens is 266 g/mol. The van der Waals surface area contributed by atoms with E-state index in [-0.39, 0.29) is 0 Å². The largest absolute Gasteiger partial charge is 0.364 e. The van der Waals surface area contributed by atoms with Crippen LogP contribution < -0.4 is 11.1 Å². The number of nitrogens with zero attached hydrogens (tertiary/aromatic N) is 2. The molecule has 21 heavy (non-hydrogen) atoms. The van der Waals surface area contributed by atoms with Crippen LogP contribution in [0.25, 0.3) is 0 Å². The number of piperidine rings is 1. The zero-order valence-corrected chi connectivity index (χ0v) is 12.7. The molecule has 116 valence electrons. The van der Waals surface area contributed by atoms with Gasteiger partial charge in [0.25, 0.3) is 5.91 Å². The molecule has 3 rings (SSSR count). The molecule has 6 nitrogen and oxygen atoms in total.